The second kappa shape index (κ2) is 5.35. The van der Waals surface area contributed by atoms with Crippen molar-refractivity contribution < 1.29 is 4.74 Å². The standard InChI is InChI=1S/C14H21NO/c1-3-11-5-6-13(9-12(11)4-2)15-14-7-8-16-10-14/h5-6,9,14-15H,3-4,7-8,10H2,1-2H3. The Hall–Kier alpha value is -1.02. The molecular weight excluding hydrogens is 198 g/mol. The lowest BCUT2D eigenvalue weighted by Crippen LogP contribution is -2.18. The summed E-state index contributed by atoms with van der Waals surface area (Å²) in [6.45, 7) is 6.17. The summed E-state index contributed by atoms with van der Waals surface area (Å²) in [5, 5.41) is 3.54. The van der Waals surface area contributed by atoms with Gasteiger partial charge in [0.15, 0.2) is 0 Å². The highest BCUT2D eigenvalue weighted by Crippen LogP contribution is 2.19. The van der Waals surface area contributed by atoms with Gasteiger partial charge in [-0.25, -0.2) is 0 Å². The first-order valence-corrected chi connectivity index (χ1v) is 6.29. The second-order valence-electron chi connectivity index (χ2n) is 4.40. The minimum atomic E-state index is 0.497. The first-order chi connectivity index (χ1) is 7.83. The van der Waals surface area contributed by atoms with Crippen molar-refractivity contribution in [2.45, 2.75) is 39.2 Å². The molecule has 1 saturated heterocycles. The summed E-state index contributed by atoms with van der Waals surface area (Å²) in [6, 6.07) is 7.22. The molecule has 1 atom stereocenters. The lowest BCUT2D eigenvalue weighted by molar-refractivity contribution is 0.195. The van der Waals surface area contributed by atoms with E-state index in [4.69, 9.17) is 4.74 Å². The highest BCUT2D eigenvalue weighted by Gasteiger charge is 2.15. The number of rotatable bonds is 4. The van der Waals surface area contributed by atoms with E-state index in [9.17, 15) is 0 Å². The predicted molar refractivity (Wildman–Crippen MR) is 68.0 cm³/mol. The van der Waals surface area contributed by atoms with Crippen molar-refractivity contribution >= 4 is 5.69 Å². The number of hydrogen-bond donors (Lipinski definition) is 1. The largest absolute Gasteiger partial charge is 0.380 e. The third kappa shape index (κ3) is 2.56. The first kappa shape index (κ1) is 11.5. The number of ether oxygens (including phenoxy) is 1. The SMILES string of the molecule is CCc1ccc(NC2CCOC2)cc1CC. The minimum absolute atomic E-state index is 0.497. The zero-order chi connectivity index (χ0) is 11.4. The van der Waals surface area contributed by atoms with Crippen LogP contribution >= 0.6 is 0 Å². The monoisotopic (exact) mass is 219 g/mol. The number of hydrogen-bond acceptors (Lipinski definition) is 2. The number of benzene rings is 1. The maximum atomic E-state index is 5.37. The van der Waals surface area contributed by atoms with Gasteiger partial charge in [0.05, 0.1) is 12.6 Å². The Bertz CT molecular complexity index is 343. The van der Waals surface area contributed by atoms with Crippen molar-refractivity contribution in [3.05, 3.63) is 29.3 Å². The Morgan fingerprint density at radius 1 is 1.25 bits per heavy atom. The van der Waals surface area contributed by atoms with Crippen LogP contribution in [0.1, 0.15) is 31.4 Å². The molecule has 1 aromatic carbocycles. The van der Waals surface area contributed by atoms with Gasteiger partial charge < -0.3 is 10.1 Å². The molecule has 88 valence electrons. The third-order valence-corrected chi connectivity index (χ3v) is 3.27. The molecule has 1 aliphatic rings. The Morgan fingerprint density at radius 2 is 2.06 bits per heavy atom. The van der Waals surface area contributed by atoms with E-state index in [0.29, 0.717) is 6.04 Å². The Morgan fingerprint density at radius 3 is 2.69 bits per heavy atom. The lowest BCUT2D eigenvalue weighted by atomic mass is 10.0. The molecule has 0 aliphatic carbocycles. The van der Waals surface area contributed by atoms with E-state index in [1.54, 1.807) is 0 Å². The molecule has 2 rings (SSSR count). The van der Waals surface area contributed by atoms with Crippen molar-refractivity contribution in [1.82, 2.24) is 0 Å². The van der Waals surface area contributed by atoms with Crippen LogP contribution in [0.25, 0.3) is 0 Å². The fourth-order valence-corrected chi connectivity index (χ4v) is 2.27. The molecule has 0 amide bonds. The molecule has 2 nitrogen and oxygen atoms in total. The predicted octanol–water partition coefficient (Wildman–Crippen LogP) is 3.01. The van der Waals surface area contributed by atoms with Gasteiger partial charge in [-0.15, -0.1) is 0 Å². The smallest absolute Gasteiger partial charge is 0.0668 e. The summed E-state index contributed by atoms with van der Waals surface area (Å²) in [6.07, 6.45) is 3.35. The molecule has 0 spiro atoms. The zero-order valence-corrected chi connectivity index (χ0v) is 10.3. The molecular formula is C14H21NO. The summed E-state index contributed by atoms with van der Waals surface area (Å²) in [7, 11) is 0. The molecule has 0 radical (unpaired) electrons. The normalized spacial score (nSPS) is 20.0. The molecule has 0 saturated carbocycles. The van der Waals surface area contributed by atoms with E-state index in [0.717, 1.165) is 32.5 Å². The van der Waals surface area contributed by atoms with Gasteiger partial charge in [0, 0.05) is 12.3 Å². The van der Waals surface area contributed by atoms with Crippen LogP contribution in [-0.2, 0) is 17.6 Å². The van der Waals surface area contributed by atoms with Crippen LogP contribution in [-0.4, -0.2) is 19.3 Å². The van der Waals surface area contributed by atoms with E-state index in [2.05, 4.69) is 37.4 Å². The summed E-state index contributed by atoms with van der Waals surface area (Å²) < 4.78 is 5.37. The van der Waals surface area contributed by atoms with Crippen molar-refractivity contribution in [2.75, 3.05) is 18.5 Å². The highest BCUT2D eigenvalue weighted by molar-refractivity contribution is 5.49. The molecule has 0 bridgehead atoms. The van der Waals surface area contributed by atoms with Gasteiger partial charge in [-0.3, -0.25) is 0 Å². The van der Waals surface area contributed by atoms with Crippen LogP contribution in [0.2, 0.25) is 0 Å². The van der Waals surface area contributed by atoms with Gasteiger partial charge in [-0.2, -0.15) is 0 Å². The van der Waals surface area contributed by atoms with Gasteiger partial charge >= 0.3 is 0 Å². The molecule has 2 heteroatoms. The van der Waals surface area contributed by atoms with Crippen molar-refractivity contribution in [1.29, 1.82) is 0 Å². The van der Waals surface area contributed by atoms with Gasteiger partial charge in [0.1, 0.15) is 0 Å². The van der Waals surface area contributed by atoms with Crippen molar-refractivity contribution in [3.8, 4) is 0 Å². The number of nitrogens with one attached hydrogen (secondary N) is 1. The molecule has 1 unspecified atom stereocenters. The molecule has 1 heterocycles. The summed E-state index contributed by atoms with van der Waals surface area (Å²) in [5.41, 5.74) is 4.17. The Balaban J connectivity index is 2.09. The fourth-order valence-electron chi connectivity index (χ4n) is 2.27. The van der Waals surface area contributed by atoms with Gasteiger partial charge in [-0.1, -0.05) is 19.9 Å². The topological polar surface area (TPSA) is 21.3 Å². The van der Waals surface area contributed by atoms with Crippen LogP contribution in [0, 0.1) is 0 Å². The van der Waals surface area contributed by atoms with Crippen LogP contribution < -0.4 is 5.32 Å². The van der Waals surface area contributed by atoms with E-state index in [1.165, 1.54) is 16.8 Å². The van der Waals surface area contributed by atoms with E-state index in [-0.39, 0.29) is 0 Å². The number of anilines is 1. The van der Waals surface area contributed by atoms with Crippen LogP contribution in [0.3, 0.4) is 0 Å². The third-order valence-electron chi connectivity index (χ3n) is 3.27. The quantitative estimate of drug-likeness (QED) is 0.840. The second-order valence-corrected chi connectivity index (χ2v) is 4.40. The minimum Gasteiger partial charge on any atom is -0.380 e. The van der Waals surface area contributed by atoms with Crippen LogP contribution in [0.5, 0.6) is 0 Å². The average Bonchev–Trinajstić information content (AvgIpc) is 2.81. The molecule has 0 aromatic heterocycles. The van der Waals surface area contributed by atoms with Crippen LogP contribution in [0.4, 0.5) is 5.69 Å². The van der Waals surface area contributed by atoms with E-state index in [1.807, 2.05) is 0 Å². The van der Waals surface area contributed by atoms with Crippen molar-refractivity contribution in [3.63, 3.8) is 0 Å². The highest BCUT2D eigenvalue weighted by atomic mass is 16.5. The fraction of sp³-hybridized carbons (Fsp3) is 0.571. The number of aryl methyl sites for hydroxylation is 2. The molecule has 1 aromatic rings. The van der Waals surface area contributed by atoms with E-state index >= 15 is 0 Å². The molecule has 1 fully saturated rings. The Labute approximate surface area is 98.0 Å². The van der Waals surface area contributed by atoms with Gasteiger partial charge in [0.2, 0.25) is 0 Å². The molecule has 16 heavy (non-hydrogen) atoms. The molecule has 1 N–H and O–H groups in total. The van der Waals surface area contributed by atoms with Crippen LogP contribution in [0.15, 0.2) is 18.2 Å². The maximum Gasteiger partial charge on any atom is 0.0668 e. The van der Waals surface area contributed by atoms with E-state index < -0.39 is 0 Å². The summed E-state index contributed by atoms with van der Waals surface area (Å²) >= 11 is 0. The zero-order valence-electron chi connectivity index (χ0n) is 10.3. The van der Waals surface area contributed by atoms with Gasteiger partial charge in [0.25, 0.3) is 0 Å². The lowest BCUT2D eigenvalue weighted by Gasteiger charge is -2.14. The Kier molecular flexibility index (Phi) is 3.83. The summed E-state index contributed by atoms with van der Waals surface area (Å²) in [4.78, 5) is 0. The average molecular weight is 219 g/mol. The maximum absolute atomic E-state index is 5.37. The summed E-state index contributed by atoms with van der Waals surface area (Å²) in [5.74, 6) is 0. The van der Waals surface area contributed by atoms with Crippen molar-refractivity contribution in [2.24, 2.45) is 0 Å². The van der Waals surface area contributed by atoms with Gasteiger partial charge in [-0.05, 0) is 42.5 Å². The first-order valence-electron chi connectivity index (χ1n) is 6.29. The molecule has 1 aliphatic heterocycles.